The molecule has 1 fully saturated rings. The van der Waals surface area contributed by atoms with Crippen LogP contribution in [0.5, 0.6) is 17.2 Å². The predicted octanol–water partition coefficient (Wildman–Crippen LogP) is 4.72. The first-order chi connectivity index (χ1) is 19.7. The van der Waals surface area contributed by atoms with E-state index >= 15 is 0 Å². The van der Waals surface area contributed by atoms with Crippen LogP contribution in [0.15, 0.2) is 66.4 Å². The lowest BCUT2D eigenvalue weighted by Crippen LogP contribution is -2.38. The first-order valence-electron chi connectivity index (χ1n) is 12.3. The largest absolute Gasteiger partial charge is 0.495 e. The number of imide groups is 1. The summed E-state index contributed by atoms with van der Waals surface area (Å²) in [6.45, 7) is 1.70. The fraction of sp³-hybridized carbons (Fsp3) is 0.179. The van der Waals surface area contributed by atoms with E-state index in [1.54, 1.807) is 55.5 Å². The highest BCUT2D eigenvalue weighted by Gasteiger charge is 2.35. The number of carbonyl (C=O) groups is 3. The molecule has 0 atom stereocenters. The van der Waals surface area contributed by atoms with Gasteiger partial charge >= 0.3 is 6.03 Å². The summed E-state index contributed by atoms with van der Waals surface area (Å²) < 4.78 is 17.6. The van der Waals surface area contributed by atoms with Gasteiger partial charge in [0.05, 0.1) is 27.9 Å². The number of urea groups is 1. The molecule has 0 bridgehead atoms. The summed E-state index contributed by atoms with van der Waals surface area (Å²) in [5.41, 5.74) is 1.52. The Labute approximate surface area is 248 Å². The number of nitro groups is 1. The maximum absolute atomic E-state index is 13.0. The quantitative estimate of drug-likeness (QED) is 0.0978. The van der Waals surface area contributed by atoms with Crippen LogP contribution in [0.1, 0.15) is 18.1 Å². The number of ether oxygens (including phenoxy) is 3. The van der Waals surface area contributed by atoms with Crippen molar-refractivity contribution in [3.8, 4) is 17.2 Å². The number of benzene rings is 3. The summed E-state index contributed by atoms with van der Waals surface area (Å²) in [4.78, 5) is 49.5. The van der Waals surface area contributed by atoms with E-state index in [1.165, 1.54) is 25.3 Å². The molecule has 12 nitrogen and oxygen atoms in total. The Morgan fingerprint density at radius 3 is 2.61 bits per heavy atom. The average Bonchev–Trinajstić information content (AvgIpc) is 3.20. The van der Waals surface area contributed by atoms with Gasteiger partial charge in [0.2, 0.25) is 5.91 Å². The van der Waals surface area contributed by atoms with Gasteiger partial charge in [-0.3, -0.25) is 19.7 Å². The van der Waals surface area contributed by atoms with E-state index in [0.717, 1.165) is 4.90 Å². The SMILES string of the molecule is CCOc1cc(/C=C2/NC(=O)N(CC(=O)Nc3ccccc3OC)C2=O)cc(I)c1OCc1cccc([N+](=O)[O-])c1. The predicted molar refractivity (Wildman–Crippen MR) is 158 cm³/mol. The van der Waals surface area contributed by atoms with Crippen LogP contribution in [0.25, 0.3) is 6.08 Å². The Kier molecular flexibility index (Phi) is 9.39. The van der Waals surface area contributed by atoms with Gasteiger partial charge < -0.3 is 24.8 Å². The Bertz CT molecular complexity index is 1540. The van der Waals surface area contributed by atoms with Crippen molar-refractivity contribution >= 4 is 57.9 Å². The topological polar surface area (TPSA) is 149 Å². The maximum atomic E-state index is 13.0. The van der Waals surface area contributed by atoms with E-state index < -0.39 is 29.3 Å². The highest BCUT2D eigenvalue weighted by Crippen LogP contribution is 2.36. The van der Waals surface area contributed by atoms with Crippen molar-refractivity contribution in [1.29, 1.82) is 0 Å². The van der Waals surface area contributed by atoms with Gasteiger partial charge in [-0.05, 0) is 71.0 Å². The van der Waals surface area contributed by atoms with Gasteiger partial charge in [-0.25, -0.2) is 9.69 Å². The second kappa shape index (κ2) is 13.1. The first-order valence-corrected chi connectivity index (χ1v) is 13.4. The van der Waals surface area contributed by atoms with E-state index in [9.17, 15) is 24.5 Å². The van der Waals surface area contributed by atoms with Crippen LogP contribution in [0, 0.1) is 13.7 Å². The minimum Gasteiger partial charge on any atom is -0.495 e. The molecule has 13 heteroatoms. The number of nitro benzene ring substituents is 1. The molecule has 1 aliphatic rings. The highest BCUT2D eigenvalue weighted by molar-refractivity contribution is 14.1. The molecule has 1 heterocycles. The lowest BCUT2D eigenvalue weighted by atomic mass is 10.1. The van der Waals surface area contributed by atoms with Crippen molar-refractivity contribution in [3.05, 3.63) is 91.2 Å². The summed E-state index contributed by atoms with van der Waals surface area (Å²) in [7, 11) is 1.47. The van der Waals surface area contributed by atoms with Crippen LogP contribution in [-0.4, -0.2) is 47.9 Å². The van der Waals surface area contributed by atoms with Crippen LogP contribution >= 0.6 is 22.6 Å². The van der Waals surface area contributed by atoms with Gasteiger partial charge in [-0.15, -0.1) is 0 Å². The molecule has 0 aliphatic carbocycles. The number of rotatable bonds is 11. The number of amides is 4. The van der Waals surface area contributed by atoms with Gasteiger partial charge in [0, 0.05) is 12.1 Å². The second-order valence-electron chi connectivity index (χ2n) is 8.61. The summed E-state index contributed by atoms with van der Waals surface area (Å²) in [5.74, 6) is 0.0247. The lowest BCUT2D eigenvalue weighted by Gasteiger charge is -2.15. The minimum absolute atomic E-state index is 0.0106. The van der Waals surface area contributed by atoms with Crippen molar-refractivity contribution in [2.75, 3.05) is 25.6 Å². The van der Waals surface area contributed by atoms with E-state index in [-0.39, 0.29) is 18.0 Å². The third kappa shape index (κ3) is 7.11. The van der Waals surface area contributed by atoms with Crippen LogP contribution in [-0.2, 0) is 16.2 Å². The number of hydrogen-bond donors (Lipinski definition) is 2. The molecule has 41 heavy (non-hydrogen) atoms. The van der Waals surface area contributed by atoms with Crippen molar-refractivity contribution in [1.82, 2.24) is 10.2 Å². The molecule has 1 saturated heterocycles. The zero-order valence-corrected chi connectivity index (χ0v) is 24.2. The smallest absolute Gasteiger partial charge is 0.329 e. The third-order valence-electron chi connectivity index (χ3n) is 5.79. The monoisotopic (exact) mass is 672 g/mol. The Morgan fingerprint density at radius 2 is 1.88 bits per heavy atom. The first kappa shape index (κ1) is 29.3. The number of anilines is 1. The van der Waals surface area contributed by atoms with Crippen molar-refractivity contribution < 1.29 is 33.5 Å². The van der Waals surface area contributed by atoms with E-state index in [1.807, 2.05) is 0 Å². The molecule has 4 amide bonds. The van der Waals surface area contributed by atoms with Crippen LogP contribution < -0.4 is 24.8 Å². The molecular weight excluding hydrogens is 647 g/mol. The maximum Gasteiger partial charge on any atom is 0.329 e. The van der Waals surface area contributed by atoms with Gasteiger partial charge in [0.25, 0.3) is 11.6 Å². The number of carbonyl (C=O) groups excluding carboxylic acids is 3. The van der Waals surface area contributed by atoms with Crippen LogP contribution in [0.3, 0.4) is 0 Å². The second-order valence-corrected chi connectivity index (χ2v) is 9.77. The number of hydrogen-bond acceptors (Lipinski definition) is 8. The van der Waals surface area contributed by atoms with E-state index in [4.69, 9.17) is 14.2 Å². The molecule has 0 saturated carbocycles. The fourth-order valence-corrected chi connectivity index (χ4v) is 4.73. The number of nitrogens with zero attached hydrogens (tertiary/aromatic N) is 2. The average molecular weight is 672 g/mol. The van der Waals surface area contributed by atoms with Crippen LogP contribution in [0.2, 0.25) is 0 Å². The molecular formula is C28H25IN4O8. The number of halogens is 1. The molecule has 2 N–H and O–H groups in total. The summed E-state index contributed by atoms with van der Waals surface area (Å²) in [5, 5.41) is 16.2. The molecule has 0 unspecified atom stereocenters. The molecule has 3 aromatic rings. The number of para-hydroxylation sites is 2. The van der Waals surface area contributed by atoms with Gasteiger partial charge in [-0.2, -0.15) is 0 Å². The summed E-state index contributed by atoms with van der Waals surface area (Å²) >= 11 is 2.06. The van der Waals surface area contributed by atoms with Gasteiger partial charge in [0.15, 0.2) is 11.5 Å². The normalized spacial score (nSPS) is 13.6. The molecule has 0 aromatic heterocycles. The van der Waals surface area contributed by atoms with Crippen molar-refractivity contribution in [2.45, 2.75) is 13.5 Å². The summed E-state index contributed by atoms with van der Waals surface area (Å²) in [6, 6.07) is 15.6. The molecule has 3 aromatic carbocycles. The van der Waals surface area contributed by atoms with Crippen molar-refractivity contribution in [3.63, 3.8) is 0 Å². The summed E-state index contributed by atoms with van der Waals surface area (Å²) in [6.07, 6.45) is 1.48. The Balaban J connectivity index is 1.49. The van der Waals surface area contributed by atoms with Crippen molar-refractivity contribution in [2.24, 2.45) is 0 Å². The molecule has 1 aliphatic heterocycles. The standard InChI is InChI=1S/C28H25IN4O8/c1-3-40-24-14-18(12-20(29)26(24)41-16-17-7-6-8-19(11-17)33(37)38)13-22-27(35)32(28(36)31-22)15-25(34)30-21-9-4-5-10-23(21)39-2/h4-14H,3,15-16H2,1-2H3,(H,30,34)(H,31,36)/b22-13+. The lowest BCUT2D eigenvalue weighted by molar-refractivity contribution is -0.384. The highest BCUT2D eigenvalue weighted by atomic mass is 127. The molecule has 4 rings (SSSR count). The number of nitrogens with one attached hydrogen (secondary N) is 2. The minimum atomic E-state index is -0.729. The Morgan fingerprint density at radius 1 is 1.10 bits per heavy atom. The van der Waals surface area contributed by atoms with Crippen LogP contribution in [0.4, 0.5) is 16.2 Å². The molecule has 212 valence electrons. The fourth-order valence-electron chi connectivity index (χ4n) is 3.95. The molecule has 0 radical (unpaired) electrons. The molecule has 0 spiro atoms. The Hall–Kier alpha value is -4.66. The van der Waals surface area contributed by atoms with Gasteiger partial charge in [0.1, 0.15) is 24.6 Å². The number of non-ortho nitro benzene ring substituents is 1. The van der Waals surface area contributed by atoms with E-state index in [2.05, 4.69) is 33.2 Å². The zero-order valence-electron chi connectivity index (χ0n) is 22.0. The number of methoxy groups -OCH3 is 1. The third-order valence-corrected chi connectivity index (χ3v) is 6.59. The van der Waals surface area contributed by atoms with Gasteiger partial charge in [-0.1, -0.05) is 24.3 Å². The zero-order chi connectivity index (χ0) is 29.5. The van der Waals surface area contributed by atoms with E-state index in [0.29, 0.717) is 44.2 Å².